The Bertz CT molecular complexity index is 210. The van der Waals surface area contributed by atoms with Crippen molar-refractivity contribution in [1.29, 1.82) is 0 Å². The molecule has 0 aromatic rings. The van der Waals surface area contributed by atoms with E-state index in [-0.39, 0.29) is 6.10 Å². The zero-order valence-corrected chi connectivity index (χ0v) is 9.73. The van der Waals surface area contributed by atoms with Crippen LogP contribution in [-0.4, -0.2) is 41.8 Å². The fourth-order valence-electron chi connectivity index (χ4n) is 2.90. The van der Waals surface area contributed by atoms with Crippen molar-refractivity contribution in [2.24, 2.45) is 17.6 Å². The molecular weight excluding hydrogens is 188 g/mol. The van der Waals surface area contributed by atoms with Crippen molar-refractivity contribution in [3.63, 3.8) is 0 Å². The lowest BCUT2D eigenvalue weighted by molar-refractivity contribution is 0.0223. The van der Waals surface area contributed by atoms with E-state index in [1.165, 1.54) is 19.3 Å². The summed E-state index contributed by atoms with van der Waals surface area (Å²) in [4.78, 5) is 2.40. The lowest BCUT2D eigenvalue weighted by atomic mass is 9.94. The zero-order chi connectivity index (χ0) is 10.8. The third-order valence-electron chi connectivity index (χ3n) is 4.21. The standard InChI is InChI=1S/C12H24N2O/c1-9-5-6-14(8-12(9)15)7-10-3-2-4-11(10)13/h9-12,15H,2-8,13H2,1H3. The fourth-order valence-corrected chi connectivity index (χ4v) is 2.90. The van der Waals surface area contributed by atoms with Gasteiger partial charge in [-0.3, -0.25) is 0 Å². The van der Waals surface area contributed by atoms with Crippen molar-refractivity contribution in [3.8, 4) is 0 Å². The van der Waals surface area contributed by atoms with Gasteiger partial charge in [-0.2, -0.15) is 0 Å². The van der Waals surface area contributed by atoms with E-state index in [1.54, 1.807) is 0 Å². The summed E-state index contributed by atoms with van der Waals surface area (Å²) in [6, 6.07) is 0.404. The van der Waals surface area contributed by atoms with Crippen LogP contribution in [0, 0.1) is 11.8 Å². The van der Waals surface area contributed by atoms with E-state index in [4.69, 9.17) is 5.73 Å². The largest absolute Gasteiger partial charge is 0.392 e. The van der Waals surface area contributed by atoms with Gasteiger partial charge in [-0.15, -0.1) is 0 Å². The summed E-state index contributed by atoms with van der Waals surface area (Å²) in [5, 5.41) is 9.82. The molecule has 3 N–H and O–H groups in total. The molecule has 1 saturated carbocycles. The van der Waals surface area contributed by atoms with Crippen LogP contribution in [0.3, 0.4) is 0 Å². The van der Waals surface area contributed by atoms with Gasteiger partial charge >= 0.3 is 0 Å². The molecule has 0 radical (unpaired) electrons. The molecule has 1 saturated heterocycles. The lowest BCUT2D eigenvalue weighted by Crippen LogP contribution is -2.46. The van der Waals surface area contributed by atoms with Gasteiger partial charge in [0.2, 0.25) is 0 Å². The van der Waals surface area contributed by atoms with Crippen LogP contribution in [-0.2, 0) is 0 Å². The second-order valence-electron chi connectivity index (χ2n) is 5.45. The molecule has 3 nitrogen and oxygen atoms in total. The monoisotopic (exact) mass is 212 g/mol. The first-order chi connectivity index (χ1) is 7.16. The molecule has 4 unspecified atom stereocenters. The van der Waals surface area contributed by atoms with Crippen molar-refractivity contribution in [2.75, 3.05) is 19.6 Å². The fraction of sp³-hybridized carbons (Fsp3) is 1.00. The summed E-state index contributed by atoms with van der Waals surface area (Å²) >= 11 is 0. The Kier molecular flexibility index (Phi) is 3.65. The molecule has 4 atom stereocenters. The minimum atomic E-state index is -0.128. The Balaban J connectivity index is 1.80. The van der Waals surface area contributed by atoms with Gasteiger partial charge in [0, 0.05) is 19.1 Å². The average Bonchev–Trinajstić information content (AvgIpc) is 2.59. The molecule has 3 heteroatoms. The normalized spacial score (nSPS) is 43.4. The highest BCUT2D eigenvalue weighted by atomic mass is 16.3. The van der Waals surface area contributed by atoms with Crippen LogP contribution in [0.25, 0.3) is 0 Å². The maximum atomic E-state index is 9.82. The summed E-state index contributed by atoms with van der Waals surface area (Å²) in [5.41, 5.74) is 6.07. The van der Waals surface area contributed by atoms with Crippen molar-refractivity contribution in [2.45, 2.75) is 44.8 Å². The second kappa shape index (κ2) is 4.81. The van der Waals surface area contributed by atoms with Crippen molar-refractivity contribution >= 4 is 0 Å². The minimum Gasteiger partial charge on any atom is -0.392 e. The number of hydrogen-bond acceptors (Lipinski definition) is 3. The molecular formula is C12H24N2O. The van der Waals surface area contributed by atoms with Crippen LogP contribution in [0.4, 0.5) is 0 Å². The molecule has 1 heterocycles. The topological polar surface area (TPSA) is 49.5 Å². The predicted molar refractivity (Wildman–Crippen MR) is 61.5 cm³/mol. The van der Waals surface area contributed by atoms with E-state index in [2.05, 4.69) is 11.8 Å². The summed E-state index contributed by atoms with van der Waals surface area (Å²) in [5.74, 6) is 1.14. The molecule has 2 fully saturated rings. The summed E-state index contributed by atoms with van der Waals surface area (Å²) in [6.45, 7) is 5.24. The van der Waals surface area contributed by atoms with Crippen LogP contribution in [0.5, 0.6) is 0 Å². The third kappa shape index (κ3) is 2.71. The van der Waals surface area contributed by atoms with Gasteiger partial charge in [0.1, 0.15) is 0 Å². The Morgan fingerprint density at radius 3 is 2.73 bits per heavy atom. The number of nitrogens with two attached hydrogens (primary N) is 1. The van der Waals surface area contributed by atoms with Gasteiger partial charge in [0.05, 0.1) is 6.10 Å². The molecule has 0 bridgehead atoms. The molecule has 15 heavy (non-hydrogen) atoms. The van der Waals surface area contributed by atoms with Crippen LogP contribution >= 0.6 is 0 Å². The molecule has 2 aliphatic rings. The third-order valence-corrected chi connectivity index (χ3v) is 4.21. The van der Waals surface area contributed by atoms with Crippen molar-refractivity contribution < 1.29 is 5.11 Å². The maximum Gasteiger partial charge on any atom is 0.0693 e. The highest BCUT2D eigenvalue weighted by molar-refractivity contribution is 4.85. The molecule has 0 spiro atoms. The first kappa shape index (κ1) is 11.4. The van der Waals surface area contributed by atoms with E-state index in [0.717, 1.165) is 26.1 Å². The number of aliphatic hydroxyl groups is 1. The Labute approximate surface area is 92.6 Å². The molecule has 0 aromatic carbocycles. The lowest BCUT2D eigenvalue weighted by Gasteiger charge is -2.36. The Morgan fingerprint density at radius 1 is 1.33 bits per heavy atom. The van der Waals surface area contributed by atoms with E-state index < -0.39 is 0 Å². The number of β-amino-alcohol motifs (C(OH)–C–C–N with tert-alkyl or cyclic N) is 1. The van der Waals surface area contributed by atoms with E-state index >= 15 is 0 Å². The van der Waals surface area contributed by atoms with Crippen molar-refractivity contribution in [3.05, 3.63) is 0 Å². The van der Waals surface area contributed by atoms with E-state index in [0.29, 0.717) is 17.9 Å². The van der Waals surface area contributed by atoms with Gasteiger partial charge < -0.3 is 15.7 Å². The van der Waals surface area contributed by atoms with Crippen LogP contribution < -0.4 is 5.73 Å². The second-order valence-corrected chi connectivity index (χ2v) is 5.45. The van der Waals surface area contributed by atoms with Crippen molar-refractivity contribution in [1.82, 2.24) is 4.90 Å². The van der Waals surface area contributed by atoms with Crippen LogP contribution in [0.2, 0.25) is 0 Å². The SMILES string of the molecule is CC1CCN(CC2CCCC2N)CC1O. The first-order valence-corrected chi connectivity index (χ1v) is 6.33. The highest BCUT2D eigenvalue weighted by Gasteiger charge is 2.29. The quantitative estimate of drug-likeness (QED) is 0.712. The van der Waals surface area contributed by atoms with Gasteiger partial charge in [-0.25, -0.2) is 0 Å². The Morgan fingerprint density at radius 2 is 2.13 bits per heavy atom. The van der Waals surface area contributed by atoms with E-state index in [1.807, 2.05) is 0 Å². The number of nitrogens with zero attached hydrogens (tertiary/aromatic N) is 1. The molecule has 1 aliphatic carbocycles. The number of likely N-dealkylation sites (tertiary alicyclic amines) is 1. The molecule has 0 aromatic heterocycles. The molecule has 2 rings (SSSR count). The minimum absolute atomic E-state index is 0.128. The van der Waals surface area contributed by atoms with Gasteiger partial charge in [0.15, 0.2) is 0 Å². The zero-order valence-electron chi connectivity index (χ0n) is 9.73. The average molecular weight is 212 g/mol. The molecule has 88 valence electrons. The summed E-state index contributed by atoms with van der Waals surface area (Å²) in [7, 11) is 0. The van der Waals surface area contributed by atoms with Gasteiger partial charge in [0.25, 0.3) is 0 Å². The first-order valence-electron chi connectivity index (χ1n) is 6.33. The summed E-state index contributed by atoms with van der Waals surface area (Å²) < 4.78 is 0. The smallest absolute Gasteiger partial charge is 0.0693 e. The van der Waals surface area contributed by atoms with Gasteiger partial charge in [-0.1, -0.05) is 13.3 Å². The number of hydrogen-bond donors (Lipinski definition) is 2. The number of rotatable bonds is 2. The summed E-state index contributed by atoms with van der Waals surface area (Å²) in [6.07, 6.45) is 4.76. The maximum absolute atomic E-state index is 9.82. The Hall–Kier alpha value is -0.120. The van der Waals surface area contributed by atoms with Crippen LogP contribution in [0.1, 0.15) is 32.6 Å². The van der Waals surface area contributed by atoms with Gasteiger partial charge in [-0.05, 0) is 37.6 Å². The molecule has 0 amide bonds. The number of piperidine rings is 1. The molecule has 1 aliphatic heterocycles. The van der Waals surface area contributed by atoms with Crippen LogP contribution in [0.15, 0.2) is 0 Å². The highest BCUT2D eigenvalue weighted by Crippen LogP contribution is 2.26. The van der Waals surface area contributed by atoms with E-state index in [9.17, 15) is 5.11 Å². The number of aliphatic hydroxyl groups excluding tert-OH is 1. The predicted octanol–water partition coefficient (Wildman–Crippen LogP) is 0.816.